The van der Waals surface area contributed by atoms with Gasteiger partial charge >= 0.3 is 6.18 Å². The van der Waals surface area contributed by atoms with Gasteiger partial charge in [-0.15, -0.1) is 0 Å². The number of nitriles is 1. The van der Waals surface area contributed by atoms with Crippen LogP contribution < -0.4 is 10.2 Å². The van der Waals surface area contributed by atoms with Crippen molar-refractivity contribution < 1.29 is 22.8 Å². The lowest BCUT2D eigenvalue weighted by Crippen LogP contribution is -2.29. The minimum absolute atomic E-state index is 0.123. The van der Waals surface area contributed by atoms with E-state index in [-0.39, 0.29) is 10.8 Å². The van der Waals surface area contributed by atoms with Gasteiger partial charge in [0.25, 0.3) is 5.91 Å². The van der Waals surface area contributed by atoms with E-state index in [2.05, 4.69) is 5.32 Å². The summed E-state index contributed by atoms with van der Waals surface area (Å²) < 4.78 is 40.4. The van der Waals surface area contributed by atoms with Gasteiger partial charge in [0.05, 0.1) is 17.0 Å². The first-order valence-corrected chi connectivity index (χ1v) is 9.77. The van der Waals surface area contributed by atoms with E-state index >= 15 is 0 Å². The van der Waals surface area contributed by atoms with Crippen molar-refractivity contribution in [2.45, 2.75) is 20.0 Å². The summed E-state index contributed by atoms with van der Waals surface area (Å²) in [5, 5.41) is 12.1. The molecule has 0 atom stereocenters. The zero-order valence-electron chi connectivity index (χ0n) is 16.0. The van der Waals surface area contributed by atoms with Crippen LogP contribution >= 0.6 is 11.8 Å². The van der Waals surface area contributed by atoms with E-state index in [0.717, 1.165) is 39.9 Å². The number of alkyl halides is 3. The first kappa shape index (κ1) is 21.5. The van der Waals surface area contributed by atoms with Crippen LogP contribution in [0.25, 0.3) is 0 Å². The van der Waals surface area contributed by atoms with Crippen molar-refractivity contribution in [1.29, 1.82) is 5.26 Å². The number of carbonyl (C=O) groups excluding carboxylic acids is 2. The lowest BCUT2D eigenvalue weighted by molar-refractivity contribution is -0.137. The van der Waals surface area contributed by atoms with Crippen LogP contribution in [0, 0.1) is 25.2 Å². The highest BCUT2D eigenvalue weighted by molar-refractivity contribution is 8.04. The first-order chi connectivity index (χ1) is 14.1. The summed E-state index contributed by atoms with van der Waals surface area (Å²) in [5.41, 5.74) is 0.328. The van der Waals surface area contributed by atoms with Crippen LogP contribution in [0.5, 0.6) is 0 Å². The largest absolute Gasteiger partial charge is 0.418 e. The molecule has 1 saturated heterocycles. The summed E-state index contributed by atoms with van der Waals surface area (Å²) >= 11 is 0.857. The molecule has 0 aliphatic carbocycles. The summed E-state index contributed by atoms with van der Waals surface area (Å²) in [6, 6.07) is 11.6. The molecule has 1 N–H and O–H groups in total. The second-order valence-electron chi connectivity index (χ2n) is 6.53. The quantitative estimate of drug-likeness (QED) is 0.561. The minimum Gasteiger partial charge on any atom is -0.321 e. The monoisotopic (exact) mass is 431 g/mol. The van der Waals surface area contributed by atoms with Crippen LogP contribution in [0.4, 0.5) is 24.5 Å². The minimum atomic E-state index is -4.71. The van der Waals surface area contributed by atoms with Crippen molar-refractivity contribution in [2.75, 3.05) is 16.0 Å². The predicted octanol–water partition coefficient (Wildman–Crippen LogP) is 4.78. The van der Waals surface area contributed by atoms with Crippen LogP contribution in [0.2, 0.25) is 0 Å². The molecule has 0 spiro atoms. The molecule has 9 heteroatoms. The molecule has 1 heterocycles. The normalized spacial score (nSPS) is 15.7. The van der Waals surface area contributed by atoms with Gasteiger partial charge in [-0.2, -0.15) is 18.4 Å². The topological polar surface area (TPSA) is 73.2 Å². The van der Waals surface area contributed by atoms with Crippen LogP contribution in [-0.4, -0.2) is 17.6 Å². The summed E-state index contributed by atoms with van der Waals surface area (Å²) in [5.74, 6) is -1.61. The smallest absolute Gasteiger partial charge is 0.321 e. The van der Waals surface area contributed by atoms with Crippen LogP contribution in [-0.2, 0) is 15.8 Å². The summed E-state index contributed by atoms with van der Waals surface area (Å²) in [7, 11) is 0. The number of hydrogen-bond donors (Lipinski definition) is 1. The molecule has 0 radical (unpaired) electrons. The van der Waals surface area contributed by atoms with Crippen LogP contribution in [0.1, 0.15) is 16.7 Å². The molecule has 3 rings (SSSR count). The molecule has 154 valence electrons. The molecule has 2 aromatic rings. The molecule has 0 unspecified atom stereocenters. The van der Waals surface area contributed by atoms with E-state index in [1.54, 1.807) is 25.1 Å². The van der Waals surface area contributed by atoms with Crippen molar-refractivity contribution >= 4 is 35.0 Å². The Morgan fingerprint density at radius 2 is 1.87 bits per heavy atom. The van der Waals surface area contributed by atoms with E-state index in [4.69, 9.17) is 0 Å². The van der Waals surface area contributed by atoms with Gasteiger partial charge in [0.15, 0.2) is 0 Å². The zero-order valence-corrected chi connectivity index (χ0v) is 16.8. The third-order valence-electron chi connectivity index (χ3n) is 4.64. The maximum atomic E-state index is 13.5. The number of halogens is 3. The predicted molar refractivity (Wildman–Crippen MR) is 109 cm³/mol. The van der Waals surface area contributed by atoms with Crippen molar-refractivity contribution in [1.82, 2.24) is 0 Å². The Morgan fingerprint density at radius 1 is 1.17 bits per heavy atom. The number of amides is 2. The fourth-order valence-electron chi connectivity index (χ4n) is 2.98. The van der Waals surface area contributed by atoms with E-state index in [0.29, 0.717) is 5.69 Å². The van der Waals surface area contributed by atoms with Gasteiger partial charge in [0.1, 0.15) is 16.7 Å². The van der Waals surface area contributed by atoms with Gasteiger partial charge in [-0.3, -0.25) is 14.5 Å². The Morgan fingerprint density at radius 3 is 2.53 bits per heavy atom. The van der Waals surface area contributed by atoms with E-state index < -0.39 is 34.8 Å². The highest BCUT2D eigenvalue weighted by atomic mass is 32.2. The number of thioether (sulfide) groups is 1. The summed E-state index contributed by atoms with van der Waals surface area (Å²) in [6.07, 6.45) is -4.71. The average molecular weight is 431 g/mol. The maximum Gasteiger partial charge on any atom is 0.418 e. The van der Waals surface area contributed by atoms with Gasteiger partial charge in [-0.25, -0.2) is 0 Å². The fourth-order valence-corrected chi connectivity index (χ4v) is 3.98. The fraction of sp³-hybridized carbons (Fsp3) is 0.190. The third-order valence-corrected chi connectivity index (χ3v) is 5.69. The standard InChI is InChI=1S/C21H16F3N3O2S/c1-12-6-5-8-16(13(12)2)26-19(29)14(10-25)20-27(18(28)11-30-20)17-9-4-3-7-15(17)21(22,23)24/h3-9H,11H2,1-2H3,(H,26,29). The molecule has 1 aliphatic heterocycles. The zero-order chi connectivity index (χ0) is 22.1. The molecule has 5 nitrogen and oxygen atoms in total. The van der Waals surface area contributed by atoms with Gasteiger partial charge in [0.2, 0.25) is 5.91 Å². The third kappa shape index (κ3) is 4.04. The number of anilines is 2. The van der Waals surface area contributed by atoms with E-state index in [1.807, 2.05) is 13.0 Å². The first-order valence-electron chi connectivity index (χ1n) is 8.79. The lowest BCUT2D eigenvalue weighted by atomic mass is 10.1. The Bertz CT molecular complexity index is 1100. The number of benzene rings is 2. The summed E-state index contributed by atoms with van der Waals surface area (Å²) in [6.45, 7) is 3.65. The molecule has 1 aliphatic rings. The van der Waals surface area contributed by atoms with E-state index in [1.165, 1.54) is 12.1 Å². The number of carbonyl (C=O) groups is 2. The average Bonchev–Trinajstić information content (AvgIpc) is 3.06. The van der Waals surface area contributed by atoms with Crippen LogP contribution in [0.15, 0.2) is 53.1 Å². The number of nitrogens with zero attached hydrogens (tertiary/aromatic N) is 2. The molecular weight excluding hydrogens is 415 g/mol. The number of rotatable bonds is 3. The second-order valence-corrected chi connectivity index (χ2v) is 7.49. The Kier molecular flexibility index (Phi) is 5.89. The number of nitrogens with one attached hydrogen (secondary N) is 1. The second kappa shape index (κ2) is 8.24. The highest BCUT2D eigenvalue weighted by Gasteiger charge is 2.40. The van der Waals surface area contributed by atoms with Gasteiger partial charge in [0, 0.05) is 5.69 Å². The number of aryl methyl sites for hydroxylation is 1. The van der Waals surface area contributed by atoms with Gasteiger partial charge in [-0.1, -0.05) is 36.0 Å². The molecule has 30 heavy (non-hydrogen) atoms. The summed E-state index contributed by atoms with van der Waals surface area (Å²) in [4.78, 5) is 26.0. The number of para-hydroxylation sites is 1. The van der Waals surface area contributed by atoms with Gasteiger partial charge < -0.3 is 5.32 Å². The Labute approximate surface area is 175 Å². The molecule has 0 saturated carbocycles. The van der Waals surface area contributed by atoms with Gasteiger partial charge in [-0.05, 0) is 43.2 Å². The van der Waals surface area contributed by atoms with Crippen molar-refractivity contribution in [3.8, 4) is 6.07 Å². The maximum absolute atomic E-state index is 13.5. The molecule has 2 aromatic carbocycles. The highest BCUT2D eigenvalue weighted by Crippen LogP contribution is 2.42. The molecule has 2 amide bonds. The van der Waals surface area contributed by atoms with E-state index in [9.17, 15) is 28.0 Å². The SMILES string of the molecule is Cc1cccc(NC(=O)C(C#N)=C2SCC(=O)N2c2ccccc2C(F)(F)F)c1C. The lowest BCUT2D eigenvalue weighted by Gasteiger charge is -2.22. The van der Waals surface area contributed by atoms with Crippen molar-refractivity contribution in [2.24, 2.45) is 0 Å². The van der Waals surface area contributed by atoms with Crippen molar-refractivity contribution in [3.05, 3.63) is 69.8 Å². The number of hydrogen-bond acceptors (Lipinski definition) is 4. The molecule has 0 bridgehead atoms. The Balaban J connectivity index is 2.07. The van der Waals surface area contributed by atoms with Crippen molar-refractivity contribution in [3.63, 3.8) is 0 Å². The molecule has 1 fully saturated rings. The Hall–Kier alpha value is -3.25. The molecular formula is C21H16F3N3O2S. The molecule has 0 aromatic heterocycles. The van der Waals surface area contributed by atoms with Crippen LogP contribution in [0.3, 0.4) is 0 Å².